The van der Waals surface area contributed by atoms with E-state index in [4.69, 9.17) is 9.97 Å². The summed E-state index contributed by atoms with van der Waals surface area (Å²) in [6, 6.07) is 13.4. The van der Waals surface area contributed by atoms with Crippen LogP contribution in [0.3, 0.4) is 0 Å². The number of aromatic nitrogens is 5. The first-order valence-corrected chi connectivity index (χ1v) is 16.5. The van der Waals surface area contributed by atoms with Crippen molar-refractivity contribution in [1.29, 1.82) is 0 Å². The van der Waals surface area contributed by atoms with Crippen molar-refractivity contribution in [2.75, 3.05) is 38.8 Å². The molecule has 0 N–H and O–H groups in total. The maximum absolute atomic E-state index is 11.6. The fourth-order valence-electron chi connectivity index (χ4n) is 6.37. The number of hydrogen-bond donors (Lipinski definition) is 0. The molecule has 2 aliphatic heterocycles. The van der Waals surface area contributed by atoms with Crippen LogP contribution in [0, 0.1) is 18.8 Å². The van der Waals surface area contributed by atoms with E-state index in [0.717, 1.165) is 65.4 Å². The highest BCUT2D eigenvalue weighted by Gasteiger charge is 2.34. The van der Waals surface area contributed by atoms with Crippen molar-refractivity contribution < 1.29 is 9.53 Å². The Morgan fingerprint density at radius 3 is 2.37 bits per heavy atom. The zero-order valence-corrected chi connectivity index (χ0v) is 28.3. The van der Waals surface area contributed by atoms with Gasteiger partial charge in [0.15, 0.2) is 0 Å². The molecule has 9 heteroatoms. The summed E-state index contributed by atoms with van der Waals surface area (Å²) in [6.45, 7) is 12.6. The van der Waals surface area contributed by atoms with Crippen LogP contribution in [0.4, 0.5) is 5.95 Å². The van der Waals surface area contributed by atoms with Gasteiger partial charge in [-0.1, -0.05) is 52.0 Å². The Balaban J connectivity index is 0.000000789. The molecule has 7 rings (SSSR count). The van der Waals surface area contributed by atoms with E-state index in [1.54, 1.807) is 14.2 Å². The Labute approximate surface area is 272 Å². The SMILES string of the molecule is CC.COC.Cc1ccccc1-c1cc2c(cc(C3CCN(c4ncc(C5=NCC(C(C=O)C(C)C)=C5)cn4)C3)n2C2CC2)nn1. The average Bonchev–Trinajstić information content (AvgIpc) is 3.43. The molecule has 3 aliphatic rings. The van der Waals surface area contributed by atoms with Gasteiger partial charge in [0.1, 0.15) is 11.8 Å². The second-order valence-corrected chi connectivity index (χ2v) is 12.4. The van der Waals surface area contributed by atoms with Gasteiger partial charge in [0, 0.05) is 74.4 Å². The first-order chi connectivity index (χ1) is 22.4. The molecule has 2 unspecified atom stereocenters. The molecule has 0 bridgehead atoms. The minimum Gasteiger partial charge on any atom is -0.388 e. The molecule has 3 aromatic heterocycles. The molecule has 0 radical (unpaired) electrons. The molecule has 2 atom stereocenters. The zero-order valence-electron chi connectivity index (χ0n) is 28.3. The van der Waals surface area contributed by atoms with E-state index in [1.165, 1.54) is 29.6 Å². The number of carbonyl (C=O) groups excluding carboxylic acids is 1. The van der Waals surface area contributed by atoms with E-state index in [9.17, 15) is 4.79 Å². The Morgan fingerprint density at radius 1 is 1.00 bits per heavy atom. The van der Waals surface area contributed by atoms with Crippen LogP contribution in [0.5, 0.6) is 0 Å². The lowest BCUT2D eigenvalue weighted by molar-refractivity contribution is -0.111. The topological polar surface area (TPSA) is 98.4 Å². The molecule has 0 amide bonds. The van der Waals surface area contributed by atoms with Gasteiger partial charge in [0.25, 0.3) is 0 Å². The molecule has 5 heterocycles. The van der Waals surface area contributed by atoms with Crippen molar-refractivity contribution in [2.45, 2.75) is 65.8 Å². The Kier molecular flexibility index (Phi) is 10.7. The maximum atomic E-state index is 11.6. The van der Waals surface area contributed by atoms with E-state index in [2.05, 4.69) is 86.6 Å². The van der Waals surface area contributed by atoms with Gasteiger partial charge in [-0.05, 0) is 61.4 Å². The zero-order chi connectivity index (χ0) is 32.8. The number of aldehydes is 1. The molecule has 2 fully saturated rings. The smallest absolute Gasteiger partial charge is 0.225 e. The van der Waals surface area contributed by atoms with Crippen LogP contribution in [0.2, 0.25) is 0 Å². The Bertz CT molecular complexity index is 1700. The third-order valence-corrected chi connectivity index (χ3v) is 8.83. The highest BCUT2D eigenvalue weighted by atomic mass is 16.4. The highest BCUT2D eigenvalue weighted by molar-refractivity contribution is 6.10. The fourth-order valence-corrected chi connectivity index (χ4v) is 6.37. The van der Waals surface area contributed by atoms with Crippen LogP contribution in [-0.4, -0.2) is 70.6 Å². The van der Waals surface area contributed by atoms with Crippen molar-refractivity contribution in [1.82, 2.24) is 24.7 Å². The Hall–Kier alpha value is -4.24. The van der Waals surface area contributed by atoms with Crippen molar-refractivity contribution in [3.63, 3.8) is 0 Å². The number of rotatable bonds is 8. The van der Waals surface area contributed by atoms with E-state index < -0.39 is 0 Å². The molecular weight excluding hydrogens is 574 g/mol. The van der Waals surface area contributed by atoms with E-state index >= 15 is 0 Å². The van der Waals surface area contributed by atoms with Gasteiger partial charge in [0.2, 0.25) is 5.95 Å². The second-order valence-electron chi connectivity index (χ2n) is 12.4. The van der Waals surface area contributed by atoms with Crippen LogP contribution >= 0.6 is 0 Å². The van der Waals surface area contributed by atoms with Gasteiger partial charge in [-0.25, -0.2) is 9.97 Å². The highest BCUT2D eigenvalue weighted by Crippen LogP contribution is 2.43. The third-order valence-electron chi connectivity index (χ3n) is 8.83. The lowest BCUT2D eigenvalue weighted by Gasteiger charge is -2.18. The van der Waals surface area contributed by atoms with Crippen LogP contribution in [0.25, 0.3) is 22.3 Å². The van der Waals surface area contributed by atoms with Gasteiger partial charge in [-0.3, -0.25) is 4.99 Å². The number of anilines is 1. The number of carbonyl (C=O) groups is 1. The van der Waals surface area contributed by atoms with Gasteiger partial charge in [-0.15, -0.1) is 10.2 Å². The lowest BCUT2D eigenvalue weighted by atomic mass is 9.89. The lowest BCUT2D eigenvalue weighted by Crippen LogP contribution is -2.22. The minimum absolute atomic E-state index is 0.0933. The third kappa shape index (κ3) is 6.94. The summed E-state index contributed by atoms with van der Waals surface area (Å²) < 4.78 is 6.79. The first kappa shape index (κ1) is 33.1. The maximum Gasteiger partial charge on any atom is 0.225 e. The van der Waals surface area contributed by atoms with E-state index in [-0.39, 0.29) is 11.8 Å². The molecule has 4 aromatic rings. The number of allylic oxidation sites excluding steroid dienone is 1. The van der Waals surface area contributed by atoms with Gasteiger partial charge in [0.05, 0.1) is 23.5 Å². The minimum atomic E-state index is -0.0933. The average molecular weight is 622 g/mol. The largest absolute Gasteiger partial charge is 0.388 e. The first-order valence-electron chi connectivity index (χ1n) is 16.5. The molecular formula is C37H47N7O2. The van der Waals surface area contributed by atoms with Gasteiger partial charge >= 0.3 is 0 Å². The monoisotopic (exact) mass is 621 g/mol. The molecule has 9 nitrogen and oxygen atoms in total. The number of aliphatic imine (C=N–C) groups is 1. The second kappa shape index (κ2) is 14.9. The fraction of sp³-hybridized carbons (Fsp3) is 0.459. The Morgan fingerprint density at radius 2 is 1.72 bits per heavy atom. The summed E-state index contributed by atoms with van der Waals surface area (Å²) in [5.74, 6) is 1.30. The summed E-state index contributed by atoms with van der Waals surface area (Å²) in [7, 11) is 3.25. The number of hydrogen-bond acceptors (Lipinski definition) is 8. The quantitative estimate of drug-likeness (QED) is 0.195. The van der Waals surface area contributed by atoms with Crippen LogP contribution in [0.1, 0.15) is 75.7 Å². The molecule has 242 valence electrons. The molecule has 46 heavy (non-hydrogen) atoms. The van der Waals surface area contributed by atoms with Crippen LogP contribution in [0.15, 0.2) is 65.4 Å². The number of fused-ring (bicyclic) bond motifs is 1. The van der Waals surface area contributed by atoms with Crippen LogP contribution in [-0.2, 0) is 9.53 Å². The van der Waals surface area contributed by atoms with Crippen molar-refractivity contribution >= 4 is 29.0 Å². The molecule has 1 saturated heterocycles. The summed E-state index contributed by atoms with van der Waals surface area (Å²) in [5, 5.41) is 9.28. The molecule has 1 saturated carbocycles. The van der Waals surface area contributed by atoms with Crippen molar-refractivity contribution in [3.8, 4) is 11.3 Å². The van der Waals surface area contributed by atoms with Crippen LogP contribution < -0.4 is 4.90 Å². The summed E-state index contributed by atoms with van der Waals surface area (Å²) in [5.41, 5.74) is 9.62. The molecule has 1 aromatic carbocycles. The van der Waals surface area contributed by atoms with E-state index in [0.29, 0.717) is 18.5 Å². The number of benzene rings is 1. The van der Waals surface area contributed by atoms with Crippen molar-refractivity contribution in [2.24, 2.45) is 16.8 Å². The number of aryl methyl sites for hydroxylation is 1. The van der Waals surface area contributed by atoms with Crippen molar-refractivity contribution in [3.05, 3.63) is 77.3 Å². The molecule has 0 spiro atoms. The molecule has 1 aliphatic carbocycles. The van der Waals surface area contributed by atoms with Gasteiger partial charge < -0.3 is 19.0 Å². The normalized spacial score (nSPS) is 18.0. The number of ether oxygens (including phenoxy) is 1. The van der Waals surface area contributed by atoms with E-state index in [1.807, 2.05) is 32.3 Å². The van der Waals surface area contributed by atoms with Gasteiger partial charge in [-0.2, -0.15) is 0 Å². The number of methoxy groups -OCH3 is 1. The number of nitrogens with zero attached hydrogens (tertiary/aromatic N) is 7. The summed E-state index contributed by atoms with van der Waals surface area (Å²) in [6.07, 6.45) is 10.3. The summed E-state index contributed by atoms with van der Waals surface area (Å²) in [4.78, 5) is 28.0. The summed E-state index contributed by atoms with van der Waals surface area (Å²) >= 11 is 0. The predicted molar refractivity (Wildman–Crippen MR) is 186 cm³/mol. The standard InChI is InChI=1S/C33H35N7O.C2H6O.C2H6/c1-20(2)27(19-41)23-12-28(34-15-23)24-16-35-33(36-17-24)39-11-10-22(18-39)31-14-30-32(40(31)25-8-9-25)13-29(37-38-30)26-7-5-4-6-21(26)3;1-3-2;1-2/h4-7,12-14,16-17,19-20,22,25,27H,8-11,15,18H2,1-3H3;1-2H3;1-2H3. The predicted octanol–water partition coefficient (Wildman–Crippen LogP) is 7.01.